The maximum Gasteiger partial charge on any atom is 0.407 e. The average Bonchev–Trinajstić information content (AvgIpc) is 2.60. The van der Waals surface area contributed by atoms with Crippen LogP contribution in [0.3, 0.4) is 0 Å². The van der Waals surface area contributed by atoms with Crippen LogP contribution in [0.4, 0.5) is 9.59 Å². The number of unbranched alkanes of at least 4 members (excludes halogenated alkanes) is 1. The Hall–Kier alpha value is -2.03. The molecule has 0 aliphatic carbocycles. The molecular weight excluding hydrogens is 362 g/mol. The van der Waals surface area contributed by atoms with E-state index in [2.05, 4.69) is 16.0 Å². The van der Waals surface area contributed by atoms with Crippen molar-refractivity contribution in [1.82, 2.24) is 20.9 Å². The lowest BCUT2D eigenvalue weighted by molar-refractivity contribution is -0.133. The second kappa shape index (κ2) is 11.7. The fourth-order valence-electron chi connectivity index (χ4n) is 2.97. The number of urea groups is 1. The van der Waals surface area contributed by atoms with Crippen molar-refractivity contribution in [3.63, 3.8) is 0 Å². The summed E-state index contributed by atoms with van der Waals surface area (Å²) >= 11 is 0. The molecule has 1 fully saturated rings. The van der Waals surface area contributed by atoms with Crippen LogP contribution in [-0.2, 0) is 9.53 Å². The molecule has 9 heteroatoms. The molecule has 1 rings (SSSR count). The summed E-state index contributed by atoms with van der Waals surface area (Å²) < 4.78 is 5.11. The summed E-state index contributed by atoms with van der Waals surface area (Å²) in [5, 5.41) is 8.35. The average molecular weight is 400 g/mol. The van der Waals surface area contributed by atoms with Gasteiger partial charge in [0.05, 0.1) is 12.6 Å². The number of alkyl carbamates (subject to hydrolysis) is 1. The molecule has 9 nitrogen and oxygen atoms in total. The number of likely N-dealkylation sites (tertiary alicyclic amines) is 1. The van der Waals surface area contributed by atoms with Gasteiger partial charge in [0.25, 0.3) is 0 Å². The van der Waals surface area contributed by atoms with E-state index in [0.717, 1.165) is 12.8 Å². The molecule has 0 radical (unpaired) electrons. The Kier molecular flexibility index (Phi) is 10.1. The van der Waals surface area contributed by atoms with Crippen LogP contribution >= 0.6 is 0 Å². The lowest BCUT2D eigenvalue weighted by Crippen LogP contribution is -2.52. The first kappa shape index (κ1) is 24.0. The van der Waals surface area contributed by atoms with E-state index in [1.807, 2.05) is 27.7 Å². The molecule has 0 unspecified atom stereocenters. The summed E-state index contributed by atoms with van der Waals surface area (Å²) in [5.41, 5.74) is 5.71. The van der Waals surface area contributed by atoms with E-state index in [4.69, 9.17) is 10.5 Å². The Morgan fingerprint density at radius 3 is 2.39 bits per heavy atom. The maximum absolute atomic E-state index is 12.5. The van der Waals surface area contributed by atoms with Crippen molar-refractivity contribution in [3.8, 4) is 0 Å². The minimum Gasteiger partial charge on any atom is -0.450 e. The van der Waals surface area contributed by atoms with Crippen LogP contribution in [0.2, 0.25) is 0 Å². The highest BCUT2D eigenvalue weighted by Gasteiger charge is 2.26. The van der Waals surface area contributed by atoms with Crippen LogP contribution in [0.5, 0.6) is 0 Å². The number of nitrogens with two attached hydrogens (primary N) is 1. The van der Waals surface area contributed by atoms with Gasteiger partial charge in [0.1, 0.15) is 0 Å². The van der Waals surface area contributed by atoms with Gasteiger partial charge in [-0.3, -0.25) is 4.79 Å². The van der Waals surface area contributed by atoms with Gasteiger partial charge in [-0.1, -0.05) is 0 Å². The fraction of sp³-hybridized carbons (Fsp3) is 0.842. The van der Waals surface area contributed by atoms with E-state index in [1.54, 1.807) is 4.90 Å². The predicted molar refractivity (Wildman–Crippen MR) is 108 cm³/mol. The SMILES string of the molecule is CCNC(=O)NC1CCN(C(=O)[C@H](N)CCCCOC(=O)NC(C)(C)C)CC1. The zero-order valence-electron chi connectivity index (χ0n) is 17.7. The third kappa shape index (κ3) is 9.77. The molecule has 162 valence electrons. The van der Waals surface area contributed by atoms with E-state index >= 15 is 0 Å². The van der Waals surface area contributed by atoms with Gasteiger partial charge in [-0.15, -0.1) is 0 Å². The van der Waals surface area contributed by atoms with Crippen molar-refractivity contribution in [2.45, 2.75) is 77.4 Å². The summed E-state index contributed by atoms with van der Waals surface area (Å²) in [4.78, 5) is 37.3. The predicted octanol–water partition coefficient (Wildman–Crippen LogP) is 1.32. The van der Waals surface area contributed by atoms with Crippen molar-refractivity contribution in [2.24, 2.45) is 5.73 Å². The summed E-state index contributed by atoms with van der Waals surface area (Å²) in [5.74, 6) is -0.0529. The quantitative estimate of drug-likeness (QED) is 0.458. The first-order valence-electron chi connectivity index (χ1n) is 10.2. The summed E-state index contributed by atoms with van der Waals surface area (Å²) in [6.45, 7) is 9.62. The number of hydrogen-bond acceptors (Lipinski definition) is 5. The van der Waals surface area contributed by atoms with Crippen LogP contribution in [0, 0.1) is 0 Å². The minimum atomic E-state index is -0.545. The summed E-state index contributed by atoms with van der Waals surface area (Å²) in [7, 11) is 0. The van der Waals surface area contributed by atoms with Gasteiger partial charge in [0.15, 0.2) is 0 Å². The number of carbonyl (C=O) groups excluding carboxylic acids is 3. The third-order valence-electron chi connectivity index (χ3n) is 4.42. The lowest BCUT2D eigenvalue weighted by Gasteiger charge is -2.33. The number of piperidine rings is 1. The van der Waals surface area contributed by atoms with Gasteiger partial charge in [-0.05, 0) is 59.8 Å². The van der Waals surface area contributed by atoms with Gasteiger partial charge in [0.2, 0.25) is 5.91 Å². The molecule has 1 heterocycles. The third-order valence-corrected chi connectivity index (χ3v) is 4.42. The first-order chi connectivity index (χ1) is 13.1. The van der Waals surface area contributed by atoms with Crippen molar-refractivity contribution < 1.29 is 19.1 Å². The molecule has 1 aliphatic heterocycles. The van der Waals surface area contributed by atoms with Gasteiger partial charge in [-0.25, -0.2) is 9.59 Å². The minimum absolute atomic E-state index is 0.0529. The first-order valence-corrected chi connectivity index (χ1v) is 10.2. The van der Waals surface area contributed by atoms with Gasteiger partial charge in [-0.2, -0.15) is 0 Å². The molecule has 0 aromatic rings. The van der Waals surface area contributed by atoms with Crippen molar-refractivity contribution in [3.05, 3.63) is 0 Å². The van der Waals surface area contributed by atoms with E-state index < -0.39 is 12.1 Å². The van der Waals surface area contributed by atoms with Crippen LogP contribution in [0.25, 0.3) is 0 Å². The topological polar surface area (TPSA) is 126 Å². The Morgan fingerprint density at radius 1 is 1.18 bits per heavy atom. The summed E-state index contributed by atoms with van der Waals surface area (Å²) in [6.07, 6.45) is 2.96. The largest absolute Gasteiger partial charge is 0.450 e. The molecular formula is C19H37N5O4. The molecule has 5 N–H and O–H groups in total. The van der Waals surface area contributed by atoms with Gasteiger partial charge in [0, 0.05) is 31.2 Å². The molecule has 1 atom stereocenters. The van der Waals surface area contributed by atoms with Crippen LogP contribution in [0.1, 0.15) is 59.8 Å². The zero-order chi connectivity index (χ0) is 21.2. The Morgan fingerprint density at radius 2 is 1.82 bits per heavy atom. The molecule has 0 aromatic heterocycles. The van der Waals surface area contributed by atoms with Crippen molar-refractivity contribution in [2.75, 3.05) is 26.2 Å². The molecule has 0 aromatic carbocycles. The molecule has 0 bridgehead atoms. The second-order valence-electron chi connectivity index (χ2n) is 8.22. The highest BCUT2D eigenvalue weighted by atomic mass is 16.5. The smallest absolute Gasteiger partial charge is 0.407 e. The van der Waals surface area contributed by atoms with E-state index in [0.29, 0.717) is 45.5 Å². The number of rotatable bonds is 8. The number of ether oxygens (including phenoxy) is 1. The molecule has 1 aliphatic rings. The number of carbonyl (C=O) groups is 3. The molecule has 1 saturated heterocycles. The number of nitrogens with zero attached hydrogens (tertiary/aromatic N) is 1. The second-order valence-corrected chi connectivity index (χ2v) is 8.22. The Labute approximate surface area is 168 Å². The van der Waals surface area contributed by atoms with E-state index in [-0.39, 0.29) is 23.5 Å². The number of nitrogens with one attached hydrogen (secondary N) is 3. The fourth-order valence-corrected chi connectivity index (χ4v) is 2.97. The number of amides is 4. The Balaban J connectivity index is 2.18. The molecule has 0 saturated carbocycles. The highest BCUT2D eigenvalue weighted by molar-refractivity contribution is 5.81. The standard InChI is InChI=1S/C19H37N5O4/c1-5-21-17(26)22-14-9-11-24(12-10-14)16(25)15(20)8-6-7-13-28-18(27)23-19(2,3)4/h14-15H,5-13,20H2,1-4H3,(H,23,27)(H2,21,22,26)/t15-/m1/s1. The van der Waals surface area contributed by atoms with Crippen LogP contribution < -0.4 is 21.7 Å². The van der Waals surface area contributed by atoms with Gasteiger partial charge >= 0.3 is 12.1 Å². The van der Waals surface area contributed by atoms with Gasteiger partial charge < -0.3 is 31.3 Å². The monoisotopic (exact) mass is 399 g/mol. The highest BCUT2D eigenvalue weighted by Crippen LogP contribution is 2.13. The van der Waals surface area contributed by atoms with E-state index in [9.17, 15) is 14.4 Å². The number of hydrogen-bond donors (Lipinski definition) is 4. The lowest BCUT2D eigenvalue weighted by atomic mass is 10.0. The van der Waals surface area contributed by atoms with E-state index in [1.165, 1.54) is 0 Å². The molecule has 0 spiro atoms. The normalized spacial score (nSPS) is 16.2. The summed E-state index contributed by atoms with van der Waals surface area (Å²) in [6, 6.07) is -0.623. The Bertz CT molecular complexity index is 513. The molecule has 4 amide bonds. The van der Waals surface area contributed by atoms with Crippen molar-refractivity contribution in [1.29, 1.82) is 0 Å². The zero-order valence-corrected chi connectivity index (χ0v) is 17.7. The van der Waals surface area contributed by atoms with Crippen LogP contribution in [-0.4, -0.2) is 66.8 Å². The maximum atomic E-state index is 12.5. The van der Waals surface area contributed by atoms with Crippen LogP contribution in [0.15, 0.2) is 0 Å². The van der Waals surface area contributed by atoms with Crippen molar-refractivity contribution >= 4 is 18.0 Å². The molecule has 28 heavy (non-hydrogen) atoms.